The Bertz CT molecular complexity index is 245. The molecule has 0 unspecified atom stereocenters. The van der Waals surface area contributed by atoms with E-state index in [1.807, 2.05) is 0 Å². The second-order valence-corrected chi connectivity index (χ2v) is 12.1. The molecule has 3 nitrogen and oxygen atoms in total. The van der Waals surface area contributed by atoms with E-state index in [-0.39, 0.29) is 0 Å². The Labute approximate surface area is 121 Å². The zero-order chi connectivity index (χ0) is 14.4. The van der Waals surface area contributed by atoms with Crippen molar-refractivity contribution in [3.63, 3.8) is 0 Å². The third-order valence-corrected chi connectivity index (χ3v) is 9.14. The molecule has 0 saturated carbocycles. The number of hydrogen-bond acceptors (Lipinski definition) is 3. The van der Waals surface area contributed by atoms with Crippen LogP contribution in [0.1, 0.15) is 40.0 Å². The Morgan fingerprint density at radius 1 is 1.05 bits per heavy atom. The highest BCUT2D eigenvalue weighted by Crippen LogP contribution is 2.36. The summed E-state index contributed by atoms with van der Waals surface area (Å²) >= 11 is 0. The van der Waals surface area contributed by atoms with E-state index in [4.69, 9.17) is 4.43 Å². The van der Waals surface area contributed by atoms with E-state index in [0.717, 1.165) is 19.7 Å². The third-order valence-electron chi connectivity index (χ3n) is 4.60. The summed E-state index contributed by atoms with van der Waals surface area (Å²) in [6.45, 7) is 18.2. The zero-order valence-electron chi connectivity index (χ0n) is 13.7. The lowest BCUT2D eigenvalue weighted by Gasteiger charge is -2.36. The molecular formula is C15H34N2OSi. The fraction of sp³-hybridized carbons (Fsp3) is 1.00. The van der Waals surface area contributed by atoms with Gasteiger partial charge < -0.3 is 14.6 Å². The zero-order valence-corrected chi connectivity index (χ0v) is 14.7. The van der Waals surface area contributed by atoms with E-state index in [9.17, 15) is 0 Å². The molecule has 4 heteroatoms. The molecule has 1 saturated heterocycles. The minimum atomic E-state index is -1.55. The molecule has 1 aliphatic rings. The van der Waals surface area contributed by atoms with Gasteiger partial charge in [-0.1, -0.05) is 27.2 Å². The molecule has 114 valence electrons. The van der Waals surface area contributed by atoms with Crippen LogP contribution in [0, 0.1) is 0 Å². The van der Waals surface area contributed by atoms with Gasteiger partial charge in [0.1, 0.15) is 0 Å². The van der Waals surface area contributed by atoms with Crippen LogP contribution in [-0.2, 0) is 4.43 Å². The van der Waals surface area contributed by atoms with Crippen LogP contribution in [-0.4, -0.2) is 52.5 Å². The molecule has 19 heavy (non-hydrogen) atoms. The van der Waals surface area contributed by atoms with Crippen LogP contribution in [0.25, 0.3) is 0 Å². The summed E-state index contributed by atoms with van der Waals surface area (Å²) in [5.41, 5.74) is 0. The molecule has 1 fully saturated rings. The molecule has 0 aromatic rings. The molecule has 1 rings (SSSR count). The minimum Gasteiger partial charge on any atom is -0.416 e. The SMILES string of the molecule is CC(C)(C)[Si](C)(C)OCCNCCN1CCCCC1. The van der Waals surface area contributed by atoms with Gasteiger partial charge >= 0.3 is 0 Å². The first-order valence-corrected chi connectivity index (χ1v) is 10.8. The molecule has 1 aliphatic heterocycles. The normalized spacial score (nSPS) is 18.8. The predicted octanol–water partition coefficient (Wildman–Crippen LogP) is 3.08. The number of rotatable bonds is 7. The Morgan fingerprint density at radius 3 is 2.26 bits per heavy atom. The molecule has 0 spiro atoms. The van der Waals surface area contributed by atoms with E-state index in [2.05, 4.69) is 44.1 Å². The lowest BCUT2D eigenvalue weighted by Crippen LogP contribution is -2.43. The van der Waals surface area contributed by atoms with E-state index in [1.54, 1.807) is 0 Å². The fourth-order valence-electron chi connectivity index (χ4n) is 2.14. The highest BCUT2D eigenvalue weighted by atomic mass is 28.4. The van der Waals surface area contributed by atoms with Gasteiger partial charge in [0.25, 0.3) is 0 Å². The standard InChI is InChI=1S/C15H34N2OSi/c1-15(2,3)19(4,5)18-14-10-16-9-13-17-11-7-6-8-12-17/h16H,6-14H2,1-5H3. The lowest BCUT2D eigenvalue weighted by atomic mass is 10.1. The van der Waals surface area contributed by atoms with Gasteiger partial charge in [-0.3, -0.25) is 0 Å². The maximum absolute atomic E-state index is 6.15. The fourth-order valence-corrected chi connectivity index (χ4v) is 3.19. The Hall–Kier alpha value is 0.0969. The first kappa shape index (κ1) is 17.1. The van der Waals surface area contributed by atoms with Crippen molar-refractivity contribution >= 4 is 8.32 Å². The van der Waals surface area contributed by atoms with Crippen LogP contribution in [0.3, 0.4) is 0 Å². The summed E-state index contributed by atoms with van der Waals surface area (Å²) in [6, 6.07) is 0. The van der Waals surface area contributed by atoms with Crippen molar-refractivity contribution in [2.45, 2.75) is 58.2 Å². The maximum Gasteiger partial charge on any atom is 0.192 e. The lowest BCUT2D eigenvalue weighted by molar-refractivity contribution is 0.225. The average molecular weight is 287 g/mol. The van der Waals surface area contributed by atoms with Gasteiger partial charge in [0.2, 0.25) is 0 Å². The first-order valence-electron chi connectivity index (χ1n) is 7.90. The van der Waals surface area contributed by atoms with E-state index in [0.29, 0.717) is 5.04 Å². The van der Waals surface area contributed by atoms with Crippen LogP contribution in [0.5, 0.6) is 0 Å². The first-order chi connectivity index (χ1) is 8.83. The Balaban J connectivity index is 2.02. The van der Waals surface area contributed by atoms with Crippen molar-refractivity contribution in [1.82, 2.24) is 10.2 Å². The van der Waals surface area contributed by atoms with E-state index < -0.39 is 8.32 Å². The third kappa shape index (κ3) is 6.39. The van der Waals surface area contributed by atoms with Crippen LogP contribution in [0.2, 0.25) is 18.1 Å². The Morgan fingerprint density at radius 2 is 1.68 bits per heavy atom. The van der Waals surface area contributed by atoms with Gasteiger partial charge in [-0.2, -0.15) is 0 Å². The quantitative estimate of drug-likeness (QED) is 0.575. The summed E-state index contributed by atoms with van der Waals surface area (Å²) in [7, 11) is -1.55. The molecule has 0 aliphatic carbocycles. The van der Waals surface area contributed by atoms with Gasteiger partial charge in [-0.15, -0.1) is 0 Å². The molecule has 0 aromatic heterocycles. The molecule has 0 aromatic carbocycles. The van der Waals surface area contributed by atoms with Crippen molar-refractivity contribution < 1.29 is 4.43 Å². The molecule has 1 N–H and O–H groups in total. The smallest absolute Gasteiger partial charge is 0.192 e. The molecule has 0 atom stereocenters. The van der Waals surface area contributed by atoms with E-state index >= 15 is 0 Å². The molecule has 0 radical (unpaired) electrons. The monoisotopic (exact) mass is 286 g/mol. The van der Waals surface area contributed by atoms with Gasteiger partial charge in [0.15, 0.2) is 8.32 Å². The number of hydrogen-bond donors (Lipinski definition) is 1. The van der Waals surface area contributed by atoms with Crippen molar-refractivity contribution in [1.29, 1.82) is 0 Å². The van der Waals surface area contributed by atoms with Gasteiger partial charge in [0.05, 0.1) is 0 Å². The van der Waals surface area contributed by atoms with Crippen LogP contribution in [0.4, 0.5) is 0 Å². The van der Waals surface area contributed by atoms with Crippen LogP contribution < -0.4 is 5.32 Å². The van der Waals surface area contributed by atoms with Crippen molar-refractivity contribution in [2.75, 3.05) is 39.3 Å². The summed E-state index contributed by atoms with van der Waals surface area (Å²) < 4.78 is 6.15. The highest BCUT2D eigenvalue weighted by molar-refractivity contribution is 6.74. The molecule has 1 heterocycles. The van der Waals surface area contributed by atoms with E-state index in [1.165, 1.54) is 38.9 Å². The van der Waals surface area contributed by atoms with Crippen molar-refractivity contribution in [3.8, 4) is 0 Å². The molecular weight excluding hydrogens is 252 g/mol. The number of nitrogens with one attached hydrogen (secondary N) is 1. The summed E-state index contributed by atoms with van der Waals surface area (Å²) in [5.74, 6) is 0. The number of likely N-dealkylation sites (tertiary alicyclic amines) is 1. The average Bonchev–Trinajstić information content (AvgIpc) is 2.33. The summed E-state index contributed by atoms with van der Waals surface area (Å²) in [4.78, 5) is 2.57. The summed E-state index contributed by atoms with van der Waals surface area (Å²) in [6.07, 6.45) is 4.19. The van der Waals surface area contributed by atoms with Gasteiger partial charge in [-0.05, 0) is 44.1 Å². The van der Waals surface area contributed by atoms with Gasteiger partial charge in [-0.25, -0.2) is 0 Å². The van der Waals surface area contributed by atoms with Crippen molar-refractivity contribution in [2.24, 2.45) is 0 Å². The van der Waals surface area contributed by atoms with Gasteiger partial charge in [0, 0.05) is 26.2 Å². The number of nitrogens with zero attached hydrogens (tertiary/aromatic N) is 1. The topological polar surface area (TPSA) is 24.5 Å². The Kier molecular flexibility index (Phi) is 7.01. The largest absolute Gasteiger partial charge is 0.416 e. The maximum atomic E-state index is 6.15. The minimum absolute atomic E-state index is 0.320. The molecule has 0 amide bonds. The molecule has 0 bridgehead atoms. The summed E-state index contributed by atoms with van der Waals surface area (Å²) in [5, 5.41) is 3.83. The second-order valence-electron chi connectivity index (χ2n) is 7.26. The number of piperidine rings is 1. The second kappa shape index (κ2) is 7.77. The highest BCUT2D eigenvalue weighted by Gasteiger charge is 2.36. The van der Waals surface area contributed by atoms with Crippen molar-refractivity contribution in [3.05, 3.63) is 0 Å². The predicted molar refractivity (Wildman–Crippen MR) is 86.3 cm³/mol. The van der Waals surface area contributed by atoms with Crippen LogP contribution >= 0.6 is 0 Å². The van der Waals surface area contributed by atoms with Crippen LogP contribution in [0.15, 0.2) is 0 Å².